The highest BCUT2D eigenvalue weighted by Gasteiger charge is 3.20. The molecule has 0 atom stereocenters. The number of fused-ring (bicyclic) bond motifs is 2. The minimum Gasteiger partial charge on any atom is -0.396 e. The third-order valence-corrected chi connectivity index (χ3v) is 4.51. The Bertz CT molecular complexity index is 695. The molecule has 0 amide bonds. The first-order chi connectivity index (χ1) is 11.6. The van der Waals surface area contributed by atoms with E-state index in [1.165, 1.54) is 0 Å². The highest BCUT2D eigenvalue weighted by molar-refractivity contribution is 5.87. The lowest BCUT2D eigenvalue weighted by Gasteiger charge is -2.47. The molecule has 2 fully saturated rings. The van der Waals surface area contributed by atoms with Crippen molar-refractivity contribution in [2.75, 3.05) is 0 Å². The molecule has 0 spiro atoms. The lowest BCUT2D eigenvalue weighted by molar-refractivity contribution is -0.461. The van der Waals surface area contributed by atoms with E-state index in [4.69, 9.17) is 0 Å². The van der Waals surface area contributed by atoms with Crippen LogP contribution in [0.1, 0.15) is 6.92 Å². The number of halogens is 13. The quantitative estimate of drug-likeness (QED) is 0.374. The number of carbonyl (C=O) groups is 1. The zero-order chi connectivity index (χ0) is 21.9. The van der Waals surface area contributed by atoms with E-state index in [0.29, 0.717) is 6.92 Å². The highest BCUT2D eigenvalue weighted by atomic mass is 19.4. The Morgan fingerprint density at radius 2 is 1.07 bits per heavy atom. The Morgan fingerprint density at radius 1 is 0.741 bits per heavy atom. The number of hydrogen-bond donors (Lipinski definition) is 0. The van der Waals surface area contributed by atoms with Gasteiger partial charge in [-0.2, -0.15) is 43.9 Å². The van der Waals surface area contributed by atoms with E-state index < -0.39 is 58.3 Å². The number of esters is 1. The minimum absolute atomic E-state index is 0.469. The molecular weight excluding hydrogens is 423 g/mol. The number of carbonyl (C=O) groups excluding carboxylic acids is 1. The molecule has 156 valence electrons. The molecule has 2 rings (SSSR count). The van der Waals surface area contributed by atoms with Crippen molar-refractivity contribution >= 4 is 5.97 Å². The molecule has 27 heavy (non-hydrogen) atoms. The summed E-state index contributed by atoms with van der Waals surface area (Å²) in [6, 6.07) is 0. The number of hydrogen-bond acceptors (Lipinski definition) is 2. The first kappa shape index (κ1) is 21.6. The van der Waals surface area contributed by atoms with Crippen LogP contribution in [0.25, 0.3) is 0 Å². The molecule has 2 aliphatic rings. The SMILES string of the molecule is C=C(C)C(=O)OC(F)(F)C12C(F)(F)C(F)(F)C(F)(C(F)(F)C1(F)F)C2(F)F. The van der Waals surface area contributed by atoms with Crippen LogP contribution in [-0.4, -0.2) is 47.4 Å². The van der Waals surface area contributed by atoms with Crippen LogP contribution in [0.3, 0.4) is 0 Å². The van der Waals surface area contributed by atoms with Crippen molar-refractivity contribution in [3.63, 3.8) is 0 Å². The number of ether oxygens (including phenoxy) is 1. The third kappa shape index (κ3) is 1.55. The van der Waals surface area contributed by atoms with Crippen LogP contribution in [0, 0.1) is 5.41 Å². The van der Waals surface area contributed by atoms with Gasteiger partial charge in [0.15, 0.2) is 0 Å². The Labute approximate surface area is 139 Å². The van der Waals surface area contributed by atoms with E-state index in [1.807, 2.05) is 0 Å². The molecule has 0 heterocycles. The summed E-state index contributed by atoms with van der Waals surface area (Å²) in [5, 5.41) is 0. The van der Waals surface area contributed by atoms with Gasteiger partial charge in [0.05, 0.1) is 0 Å². The molecule has 2 nitrogen and oxygen atoms in total. The van der Waals surface area contributed by atoms with Gasteiger partial charge < -0.3 is 4.74 Å². The molecule has 0 aromatic rings. The van der Waals surface area contributed by atoms with Crippen LogP contribution in [0.15, 0.2) is 12.2 Å². The van der Waals surface area contributed by atoms with E-state index >= 15 is 0 Å². The maximum absolute atomic E-state index is 14.0. The monoisotopic (exact) mass is 428 g/mol. The second-order valence-corrected chi connectivity index (χ2v) is 5.97. The largest absolute Gasteiger partial charge is 0.424 e. The van der Waals surface area contributed by atoms with Crippen LogP contribution >= 0.6 is 0 Å². The van der Waals surface area contributed by atoms with Crippen LogP contribution < -0.4 is 0 Å². The lowest BCUT2D eigenvalue weighted by Crippen LogP contribution is -2.76. The van der Waals surface area contributed by atoms with Gasteiger partial charge in [-0.25, -0.2) is 18.0 Å². The topological polar surface area (TPSA) is 26.3 Å². The molecule has 15 heteroatoms. The van der Waals surface area contributed by atoms with Gasteiger partial charge >= 0.3 is 47.4 Å². The molecule has 0 saturated heterocycles. The molecule has 0 radical (unpaired) electrons. The van der Waals surface area contributed by atoms with Gasteiger partial charge in [0.25, 0.3) is 5.41 Å². The van der Waals surface area contributed by atoms with Crippen molar-refractivity contribution in [1.29, 1.82) is 0 Å². The molecule has 0 N–H and O–H groups in total. The van der Waals surface area contributed by atoms with E-state index in [9.17, 15) is 61.9 Å². The molecular formula is C12H5F13O2. The molecule has 2 bridgehead atoms. The summed E-state index contributed by atoms with van der Waals surface area (Å²) in [5.41, 5.74) is -16.1. The molecule has 2 aliphatic carbocycles. The zero-order valence-electron chi connectivity index (χ0n) is 12.4. The Balaban J connectivity index is 3.01. The van der Waals surface area contributed by atoms with Crippen molar-refractivity contribution in [1.82, 2.24) is 0 Å². The molecule has 0 aromatic carbocycles. The summed E-state index contributed by atoms with van der Waals surface area (Å²) in [5.74, 6) is -39.9. The Morgan fingerprint density at radius 3 is 1.37 bits per heavy atom. The summed E-state index contributed by atoms with van der Waals surface area (Å²) in [6.45, 7) is 3.03. The van der Waals surface area contributed by atoms with Crippen LogP contribution in [0.5, 0.6) is 0 Å². The third-order valence-electron chi connectivity index (χ3n) is 4.51. The van der Waals surface area contributed by atoms with Gasteiger partial charge in [0.2, 0.25) is 0 Å². The standard InChI is InChI=1S/C12H5F13O2/c1-3(2)4(26)27-12(24,25)5-7(14,15)6(13,10(20,21)8(5,16)17)11(22,23)9(5,18)19/h1H2,2H3. The van der Waals surface area contributed by atoms with Crippen LogP contribution in [0.4, 0.5) is 57.1 Å². The van der Waals surface area contributed by atoms with E-state index in [0.717, 1.165) is 0 Å². The maximum Gasteiger partial charge on any atom is 0.424 e. The first-order valence-electron chi connectivity index (χ1n) is 6.42. The van der Waals surface area contributed by atoms with Gasteiger partial charge in [-0.3, -0.25) is 0 Å². The van der Waals surface area contributed by atoms with E-state index in [-0.39, 0.29) is 0 Å². The predicted octanol–water partition coefficient (Wildman–Crippen LogP) is 4.60. The summed E-state index contributed by atoms with van der Waals surface area (Å²) in [6.07, 6.45) is -7.10. The van der Waals surface area contributed by atoms with E-state index in [1.54, 1.807) is 0 Å². The summed E-state index contributed by atoms with van der Waals surface area (Å²) in [4.78, 5) is 11.0. The first-order valence-corrected chi connectivity index (χ1v) is 6.42. The average Bonchev–Trinajstić information content (AvgIpc) is 2.55. The minimum atomic E-state index is -7.50. The maximum atomic E-state index is 14.0. The molecule has 0 aromatic heterocycles. The molecule has 2 saturated carbocycles. The second kappa shape index (κ2) is 4.64. The van der Waals surface area contributed by atoms with Crippen LogP contribution in [0.2, 0.25) is 0 Å². The summed E-state index contributed by atoms with van der Waals surface area (Å²) in [7, 11) is 0. The lowest BCUT2D eigenvalue weighted by atomic mass is 9.72. The average molecular weight is 428 g/mol. The van der Waals surface area contributed by atoms with Gasteiger partial charge in [0, 0.05) is 5.57 Å². The fraction of sp³-hybridized carbons (Fsp3) is 0.750. The smallest absolute Gasteiger partial charge is 0.396 e. The fourth-order valence-corrected chi connectivity index (χ4v) is 3.17. The molecule has 0 unspecified atom stereocenters. The number of alkyl halides is 13. The number of rotatable bonds is 3. The van der Waals surface area contributed by atoms with E-state index in [2.05, 4.69) is 11.3 Å². The van der Waals surface area contributed by atoms with Gasteiger partial charge in [-0.1, -0.05) is 6.58 Å². The Hall–Kier alpha value is -1.70. The predicted molar refractivity (Wildman–Crippen MR) is 56.9 cm³/mol. The molecule has 0 aliphatic heterocycles. The van der Waals surface area contributed by atoms with Crippen molar-refractivity contribution in [2.24, 2.45) is 5.41 Å². The van der Waals surface area contributed by atoms with Gasteiger partial charge in [-0.05, 0) is 6.92 Å². The van der Waals surface area contributed by atoms with Gasteiger partial charge in [-0.15, -0.1) is 0 Å². The second-order valence-electron chi connectivity index (χ2n) is 5.97. The van der Waals surface area contributed by atoms with Crippen molar-refractivity contribution in [3.05, 3.63) is 12.2 Å². The normalized spacial score (nSPS) is 37.1. The summed E-state index contributed by atoms with van der Waals surface area (Å²) < 4.78 is 182. The summed E-state index contributed by atoms with van der Waals surface area (Å²) >= 11 is 0. The Kier molecular flexibility index (Phi) is 3.71. The zero-order valence-corrected chi connectivity index (χ0v) is 12.4. The van der Waals surface area contributed by atoms with Crippen LogP contribution in [-0.2, 0) is 9.53 Å². The highest BCUT2D eigenvalue weighted by Crippen LogP contribution is 2.88. The van der Waals surface area contributed by atoms with Crippen molar-refractivity contribution in [2.45, 2.75) is 48.3 Å². The van der Waals surface area contributed by atoms with Crippen molar-refractivity contribution in [3.8, 4) is 0 Å². The van der Waals surface area contributed by atoms with Crippen molar-refractivity contribution < 1.29 is 66.6 Å². The van der Waals surface area contributed by atoms with Gasteiger partial charge in [0.1, 0.15) is 0 Å². The fourth-order valence-electron chi connectivity index (χ4n) is 3.17.